The number of aromatic nitrogens is 3. The Labute approximate surface area is 210 Å². The van der Waals surface area contributed by atoms with Gasteiger partial charge in [0.15, 0.2) is 5.69 Å². The predicted molar refractivity (Wildman–Crippen MR) is 128 cm³/mol. The Morgan fingerprint density at radius 3 is 2.75 bits per heavy atom. The summed E-state index contributed by atoms with van der Waals surface area (Å²) >= 11 is 1.49. The normalized spacial score (nSPS) is 17.6. The number of benzene rings is 1. The Kier molecular flexibility index (Phi) is 7.86. The standard InChI is InChI=1S/C24H26F3N5O3S/c1-14-11-28-23(36-14)17-8-16(9-18(10-17)35-13-19-12-32(3)6-7-34-19)22(33)29-15(2)20-4-5-21(31-30-20)24(25,26)27/h4-5,8-11,15,19H,6-7,12-13H2,1-3H3,(H,29,33)/t15?,19-/m1/s1. The molecule has 2 atom stereocenters. The van der Waals surface area contributed by atoms with Gasteiger partial charge in [-0.15, -0.1) is 16.4 Å². The maximum atomic E-state index is 13.1. The van der Waals surface area contributed by atoms with Crippen LogP contribution in [0.15, 0.2) is 36.5 Å². The Morgan fingerprint density at radius 1 is 1.31 bits per heavy atom. The lowest BCUT2D eigenvalue weighted by Gasteiger charge is -2.29. The average molecular weight is 522 g/mol. The number of likely N-dealkylation sites (N-methyl/N-ethyl adjacent to an activating group) is 1. The molecule has 1 unspecified atom stereocenters. The Bertz CT molecular complexity index is 1200. The van der Waals surface area contributed by atoms with Crippen LogP contribution >= 0.6 is 11.3 Å². The number of nitrogens with zero attached hydrogens (tertiary/aromatic N) is 4. The number of amides is 1. The van der Waals surface area contributed by atoms with Gasteiger partial charge < -0.3 is 19.7 Å². The van der Waals surface area contributed by atoms with Crippen LogP contribution in [0.25, 0.3) is 10.6 Å². The van der Waals surface area contributed by atoms with Gasteiger partial charge in [-0.25, -0.2) is 4.98 Å². The molecule has 12 heteroatoms. The van der Waals surface area contributed by atoms with Gasteiger partial charge in [0, 0.05) is 35.3 Å². The van der Waals surface area contributed by atoms with Gasteiger partial charge in [-0.3, -0.25) is 4.79 Å². The fourth-order valence-corrected chi connectivity index (χ4v) is 4.41. The minimum atomic E-state index is -4.58. The molecule has 1 aliphatic heterocycles. The number of rotatable bonds is 7. The smallest absolute Gasteiger partial charge is 0.435 e. The summed E-state index contributed by atoms with van der Waals surface area (Å²) in [7, 11) is 2.02. The zero-order valence-electron chi connectivity index (χ0n) is 20.0. The number of nitrogens with one attached hydrogen (secondary N) is 1. The van der Waals surface area contributed by atoms with Crippen LogP contribution in [-0.2, 0) is 10.9 Å². The zero-order chi connectivity index (χ0) is 25.9. The lowest BCUT2D eigenvalue weighted by atomic mass is 10.1. The number of halogens is 3. The van der Waals surface area contributed by atoms with Crippen LogP contribution in [0.4, 0.5) is 13.2 Å². The molecule has 2 aromatic heterocycles. The number of aryl methyl sites for hydroxylation is 1. The molecule has 36 heavy (non-hydrogen) atoms. The van der Waals surface area contributed by atoms with E-state index in [-0.39, 0.29) is 11.8 Å². The van der Waals surface area contributed by atoms with Gasteiger partial charge in [0.1, 0.15) is 23.5 Å². The number of hydrogen-bond donors (Lipinski definition) is 1. The summed E-state index contributed by atoms with van der Waals surface area (Å²) in [6.07, 6.45) is -2.92. The third-order valence-corrected chi connectivity index (χ3v) is 6.54. The first-order valence-electron chi connectivity index (χ1n) is 11.3. The van der Waals surface area contributed by atoms with Crippen molar-refractivity contribution in [1.82, 2.24) is 25.4 Å². The summed E-state index contributed by atoms with van der Waals surface area (Å²) in [5.41, 5.74) is 0.160. The second kappa shape index (κ2) is 10.9. The van der Waals surface area contributed by atoms with Crippen LogP contribution in [0, 0.1) is 6.92 Å². The molecular formula is C24H26F3N5O3S. The summed E-state index contributed by atoms with van der Waals surface area (Å²) in [4.78, 5) is 20.7. The maximum absolute atomic E-state index is 13.1. The third-order valence-electron chi connectivity index (χ3n) is 5.58. The topological polar surface area (TPSA) is 89.5 Å². The van der Waals surface area contributed by atoms with Crippen molar-refractivity contribution >= 4 is 17.2 Å². The zero-order valence-corrected chi connectivity index (χ0v) is 20.8. The summed E-state index contributed by atoms with van der Waals surface area (Å²) in [5.74, 6) is 0.0575. The lowest BCUT2D eigenvalue weighted by Crippen LogP contribution is -2.42. The fraction of sp³-hybridized carbons (Fsp3) is 0.417. The number of ether oxygens (including phenoxy) is 2. The fourth-order valence-electron chi connectivity index (χ4n) is 3.66. The minimum Gasteiger partial charge on any atom is -0.491 e. The molecule has 0 saturated carbocycles. The molecular weight excluding hydrogens is 495 g/mol. The van der Waals surface area contributed by atoms with Crippen LogP contribution in [0.5, 0.6) is 5.75 Å². The molecule has 1 aromatic carbocycles. The van der Waals surface area contributed by atoms with E-state index in [4.69, 9.17) is 9.47 Å². The SMILES string of the molecule is Cc1cnc(-c2cc(OC[C@H]3CN(C)CCO3)cc(C(=O)NC(C)c3ccc(C(F)(F)F)nn3)c2)s1. The van der Waals surface area contributed by atoms with Gasteiger partial charge in [0.25, 0.3) is 5.91 Å². The van der Waals surface area contributed by atoms with Gasteiger partial charge in [0.05, 0.1) is 18.3 Å². The first-order chi connectivity index (χ1) is 17.1. The van der Waals surface area contributed by atoms with Gasteiger partial charge >= 0.3 is 6.18 Å². The van der Waals surface area contributed by atoms with Crippen LogP contribution in [-0.4, -0.2) is 65.4 Å². The Morgan fingerprint density at radius 2 is 2.11 bits per heavy atom. The quantitative estimate of drug-likeness (QED) is 0.500. The van der Waals surface area contributed by atoms with E-state index < -0.39 is 23.8 Å². The van der Waals surface area contributed by atoms with E-state index in [0.717, 1.165) is 34.6 Å². The number of carbonyl (C=O) groups is 1. The number of thiazole rings is 1. The van der Waals surface area contributed by atoms with Gasteiger partial charge in [-0.1, -0.05) is 0 Å². The van der Waals surface area contributed by atoms with Gasteiger partial charge in [-0.2, -0.15) is 18.3 Å². The summed E-state index contributed by atoms with van der Waals surface area (Å²) in [5, 5.41) is 10.4. The van der Waals surface area contributed by atoms with Crippen molar-refractivity contribution in [2.24, 2.45) is 0 Å². The van der Waals surface area contributed by atoms with Crippen molar-refractivity contribution in [2.75, 3.05) is 33.4 Å². The summed E-state index contributed by atoms with van der Waals surface area (Å²) in [6, 6.07) is 6.52. The molecule has 8 nitrogen and oxygen atoms in total. The van der Waals surface area contributed by atoms with Gasteiger partial charge in [0.2, 0.25) is 0 Å². The van der Waals surface area contributed by atoms with Crippen molar-refractivity contribution in [2.45, 2.75) is 32.2 Å². The van der Waals surface area contributed by atoms with E-state index in [9.17, 15) is 18.0 Å². The molecule has 3 heterocycles. The van der Waals surface area contributed by atoms with Crippen LogP contribution in [0.1, 0.15) is 39.6 Å². The molecule has 1 saturated heterocycles. The van der Waals surface area contributed by atoms with Gasteiger partial charge in [-0.05, 0) is 51.2 Å². The third kappa shape index (κ3) is 6.56. The van der Waals surface area contributed by atoms with E-state index in [1.165, 1.54) is 17.4 Å². The number of alkyl halides is 3. The van der Waals surface area contributed by atoms with E-state index >= 15 is 0 Å². The number of morpholine rings is 1. The van der Waals surface area contributed by atoms with Crippen molar-refractivity contribution in [3.05, 3.63) is 58.4 Å². The van der Waals surface area contributed by atoms with E-state index in [0.29, 0.717) is 24.5 Å². The molecule has 3 aromatic rings. The Hall–Kier alpha value is -3.09. The van der Waals surface area contributed by atoms with Crippen LogP contribution < -0.4 is 10.1 Å². The number of carbonyl (C=O) groups excluding carboxylic acids is 1. The summed E-state index contributed by atoms with van der Waals surface area (Å²) in [6.45, 7) is 6.12. The average Bonchev–Trinajstić information content (AvgIpc) is 3.28. The second-order valence-corrected chi connectivity index (χ2v) is 9.86. The molecule has 1 N–H and O–H groups in total. The highest BCUT2D eigenvalue weighted by Crippen LogP contribution is 2.30. The van der Waals surface area contributed by atoms with Crippen LogP contribution in [0.2, 0.25) is 0 Å². The molecule has 1 aliphatic rings. The molecule has 192 valence electrons. The summed E-state index contributed by atoms with van der Waals surface area (Å²) < 4.78 is 50.1. The number of hydrogen-bond acceptors (Lipinski definition) is 8. The Balaban J connectivity index is 1.52. The lowest BCUT2D eigenvalue weighted by molar-refractivity contribution is -0.141. The molecule has 0 radical (unpaired) electrons. The van der Waals surface area contributed by atoms with E-state index in [2.05, 4.69) is 25.4 Å². The molecule has 0 spiro atoms. The largest absolute Gasteiger partial charge is 0.491 e. The van der Waals surface area contributed by atoms with Crippen molar-refractivity contribution in [3.8, 4) is 16.3 Å². The first kappa shape index (κ1) is 26.0. The van der Waals surface area contributed by atoms with Crippen molar-refractivity contribution in [3.63, 3.8) is 0 Å². The molecule has 1 amide bonds. The molecule has 0 bridgehead atoms. The molecule has 0 aliphatic carbocycles. The van der Waals surface area contributed by atoms with E-state index in [1.54, 1.807) is 25.3 Å². The minimum absolute atomic E-state index is 0.0925. The first-order valence-corrected chi connectivity index (χ1v) is 12.1. The highest BCUT2D eigenvalue weighted by Gasteiger charge is 2.33. The molecule has 1 fully saturated rings. The monoisotopic (exact) mass is 521 g/mol. The maximum Gasteiger partial charge on any atom is 0.435 e. The highest BCUT2D eigenvalue weighted by atomic mass is 32.1. The highest BCUT2D eigenvalue weighted by molar-refractivity contribution is 7.14. The molecule has 4 rings (SSSR count). The predicted octanol–water partition coefficient (Wildman–Crippen LogP) is 4.13. The second-order valence-electron chi connectivity index (χ2n) is 8.62. The van der Waals surface area contributed by atoms with Crippen molar-refractivity contribution in [1.29, 1.82) is 0 Å². The van der Waals surface area contributed by atoms with Crippen molar-refractivity contribution < 1.29 is 27.4 Å². The van der Waals surface area contributed by atoms with Crippen LogP contribution in [0.3, 0.4) is 0 Å². The van der Waals surface area contributed by atoms with E-state index in [1.807, 2.05) is 20.0 Å².